The zero-order valence-corrected chi connectivity index (χ0v) is 15.2. The second kappa shape index (κ2) is 7.58. The smallest absolute Gasteiger partial charge is 0.406 e. The first kappa shape index (κ1) is 19.8. The summed E-state index contributed by atoms with van der Waals surface area (Å²) in [7, 11) is -4.06. The van der Waals surface area contributed by atoms with Gasteiger partial charge in [0.1, 0.15) is 5.75 Å². The van der Waals surface area contributed by atoms with Gasteiger partial charge in [0.25, 0.3) is 10.0 Å². The van der Waals surface area contributed by atoms with Crippen LogP contribution in [0.5, 0.6) is 5.75 Å². The molecule has 0 aliphatic carbocycles. The van der Waals surface area contributed by atoms with E-state index in [2.05, 4.69) is 14.8 Å². The zero-order valence-electron chi connectivity index (χ0n) is 14.4. The molecule has 1 aliphatic heterocycles. The minimum absolute atomic E-state index is 0.0855. The van der Waals surface area contributed by atoms with Gasteiger partial charge in [0, 0.05) is 13.1 Å². The number of para-hydroxylation sites is 2. The Hall–Kier alpha value is -2.95. The van der Waals surface area contributed by atoms with Crippen molar-refractivity contribution in [1.82, 2.24) is 5.32 Å². The summed E-state index contributed by atoms with van der Waals surface area (Å²) in [6, 6.07) is 10.4. The van der Waals surface area contributed by atoms with Gasteiger partial charge in [-0.15, -0.1) is 13.2 Å². The maximum absolute atomic E-state index is 12.6. The average Bonchev–Trinajstić information content (AvgIpc) is 2.61. The lowest BCUT2D eigenvalue weighted by atomic mass is 10.2. The van der Waals surface area contributed by atoms with Gasteiger partial charge in [0.15, 0.2) is 0 Å². The Balaban J connectivity index is 1.82. The number of hydrogen-bond donors (Lipinski definition) is 2. The highest BCUT2D eigenvalue weighted by Gasteiger charge is 2.31. The fourth-order valence-corrected chi connectivity index (χ4v) is 3.78. The van der Waals surface area contributed by atoms with Gasteiger partial charge in [0.2, 0.25) is 5.91 Å². The molecule has 2 aromatic rings. The molecule has 150 valence electrons. The van der Waals surface area contributed by atoms with Crippen molar-refractivity contribution in [2.75, 3.05) is 29.3 Å². The van der Waals surface area contributed by atoms with Crippen molar-refractivity contribution in [1.29, 1.82) is 0 Å². The molecular formula is C17H16F3N3O4S. The molecule has 1 aliphatic rings. The van der Waals surface area contributed by atoms with Gasteiger partial charge < -0.3 is 15.0 Å². The third-order valence-electron chi connectivity index (χ3n) is 3.90. The lowest BCUT2D eigenvalue weighted by molar-refractivity contribution is -0.274. The number of anilines is 2. The van der Waals surface area contributed by atoms with Crippen molar-refractivity contribution < 1.29 is 31.1 Å². The lowest BCUT2D eigenvalue weighted by Gasteiger charge is -2.30. The molecule has 28 heavy (non-hydrogen) atoms. The van der Waals surface area contributed by atoms with Gasteiger partial charge >= 0.3 is 6.36 Å². The molecule has 2 N–H and O–H groups in total. The molecule has 3 rings (SSSR count). The molecule has 11 heteroatoms. The fraction of sp³-hybridized carbons (Fsp3) is 0.235. The van der Waals surface area contributed by atoms with Gasteiger partial charge in [-0.1, -0.05) is 12.1 Å². The molecule has 0 bridgehead atoms. The minimum atomic E-state index is -4.86. The number of sulfonamides is 1. The summed E-state index contributed by atoms with van der Waals surface area (Å²) in [5.41, 5.74) is 0.783. The number of piperazine rings is 1. The van der Waals surface area contributed by atoms with Crippen LogP contribution in [0.3, 0.4) is 0 Å². The summed E-state index contributed by atoms with van der Waals surface area (Å²) in [6.45, 7) is 1.02. The number of carbonyl (C=O) groups is 1. The van der Waals surface area contributed by atoms with Gasteiger partial charge in [-0.2, -0.15) is 0 Å². The van der Waals surface area contributed by atoms with E-state index in [-0.39, 0.29) is 23.0 Å². The Bertz CT molecular complexity index is 962. The van der Waals surface area contributed by atoms with E-state index < -0.39 is 22.1 Å². The number of nitrogens with one attached hydrogen (secondary N) is 2. The second-order valence-corrected chi connectivity index (χ2v) is 7.60. The van der Waals surface area contributed by atoms with Crippen LogP contribution in [0.25, 0.3) is 0 Å². The Morgan fingerprint density at radius 3 is 2.39 bits per heavy atom. The maximum atomic E-state index is 12.6. The van der Waals surface area contributed by atoms with Crippen molar-refractivity contribution >= 4 is 27.3 Å². The number of hydrogen-bond acceptors (Lipinski definition) is 5. The summed E-state index contributed by atoms with van der Waals surface area (Å²) in [5, 5.41) is 2.69. The number of carbonyl (C=O) groups excluding carboxylic acids is 1. The molecule has 0 spiro atoms. The largest absolute Gasteiger partial charge is 0.573 e. The highest BCUT2D eigenvalue weighted by molar-refractivity contribution is 7.92. The van der Waals surface area contributed by atoms with Crippen LogP contribution in [0.15, 0.2) is 53.4 Å². The van der Waals surface area contributed by atoms with E-state index in [0.29, 0.717) is 18.8 Å². The molecular weight excluding hydrogens is 399 g/mol. The molecule has 0 saturated carbocycles. The molecule has 0 unspecified atom stereocenters. The number of rotatable bonds is 5. The molecule has 2 aromatic carbocycles. The number of amides is 1. The average molecular weight is 415 g/mol. The summed E-state index contributed by atoms with van der Waals surface area (Å²) < 4.78 is 68.1. The Labute approximate surface area is 159 Å². The van der Waals surface area contributed by atoms with E-state index in [1.807, 2.05) is 0 Å². The zero-order chi connectivity index (χ0) is 20.4. The van der Waals surface area contributed by atoms with Crippen LogP contribution in [-0.4, -0.2) is 40.3 Å². The predicted octanol–water partition coefficient (Wildman–Crippen LogP) is 2.32. The molecule has 0 atom stereocenters. The van der Waals surface area contributed by atoms with E-state index in [1.165, 1.54) is 0 Å². The molecule has 7 nitrogen and oxygen atoms in total. The van der Waals surface area contributed by atoms with Crippen LogP contribution in [0.1, 0.15) is 0 Å². The number of alkyl halides is 3. The first-order valence-corrected chi connectivity index (χ1v) is 9.62. The van der Waals surface area contributed by atoms with Crippen molar-refractivity contribution in [3.05, 3.63) is 48.5 Å². The molecule has 1 amide bonds. The van der Waals surface area contributed by atoms with Crippen LogP contribution in [0, 0.1) is 0 Å². The molecule has 1 fully saturated rings. The van der Waals surface area contributed by atoms with E-state index in [1.54, 1.807) is 29.2 Å². The SMILES string of the molecule is O=C1CN(c2ccccc2NS(=O)(=O)c2ccc(OC(F)(F)F)cc2)CCN1. The number of halogens is 3. The molecule has 0 aromatic heterocycles. The third-order valence-corrected chi connectivity index (χ3v) is 5.28. The van der Waals surface area contributed by atoms with Gasteiger partial charge in [0.05, 0.1) is 22.8 Å². The monoisotopic (exact) mass is 415 g/mol. The molecule has 1 saturated heterocycles. The Kier molecular flexibility index (Phi) is 5.36. The summed E-state index contributed by atoms with van der Waals surface area (Å²) in [6.07, 6.45) is -4.86. The molecule has 0 radical (unpaired) electrons. The van der Waals surface area contributed by atoms with Crippen LogP contribution in [0.2, 0.25) is 0 Å². The maximum Gasteiger partial charge on any atom is 0.573 e. The van der Waals surface area contributed by atoms with Crippen LogP contribution >= 0.6 is 0 Å². The summed E-state index contributed by atoms with van der Waals surface area (Å²) in [4.78, 5) is 13.1. The third kappa shape index (κ3) is 4.85. The highest BCUT2D eigenvalue weighted by Crippen LogP contribution is 2.29. The van der Waals surface area contributed by atoms with Gasteiger partial charge in [-0.25, -0.2) is 8.42 Å². The quantitative estimate of drug-likeness (QED) is 0.783. The predicted molar refractivity (Wildman–Crippen MR) is 95.6 cm³/mol. The summed E-state index contributed by atoms with van der Waals surface area (Å²) >= 11 is 0. The van der Waals surface area contributed by atoms with Crippen LogP contribution < -0.4 is 19.7 Å². The van der Waals surface area contributed by atoms with Crippen LogP contribution in [0.4, 0.5) is 24.5 Å². The topological polar surface area (TPSA) is 87.7 Å². The highest BCUT2D eigenvalue weighted by atomic mass is 32.2. The van der Waals surface area contributed by atoms with Gasteiger partial charge in [-0.3, -0.25) is 9.52 Å². The Morgan fingerprint density at radius 1 is 1.07 bits per heavy atom. The number of benzene rings is 2. The van der Waals surface area contributed by atoms with Gasteiger partial charge in [-0.05, 0) is 36.4 Å². The van der Waals surface area contributed by atoms with Crippen molar-refractivity contribution in [2.45, 2.75) is 11.3 Å². The van der Waals surface area contributed by atoms with Crippen LogP contribution in [-0.2, 0) is 14.8 Å². The minimum Gasteiger partial charge on any atom is -0.406 e. The van der Waals surface area contributed by atoms with E-state index in [0.717, 1.165) is 24.3 Å². The van der Waals surface area contributed by atoms with Crippen molar-refractivity contribution in [2.24, 2.45) is 0 Å². The Morgan fingerprint density at radius 2 is 1.75 bits per heavy atom. The number of ether oxygens (including phenoxy) is 1. The normalized spacial score (nSPS) is 15.1. The van der Waals surface area contributed by atoms with Crippen molar-refractivity contribution in [3.8, 4) is 5.75 Å². The van der Waals surface area contributed by atoms with E-state index in [9.17, 15) is 26.4 Å². The van der Waals surface area contributed by atoms with Crippen molar-refractivity contribution in [3.63, 3.8) is 0 Å². The van der Waals surface area contributed by atoms with E-state index in [4.69, 9.17) is 0 Å². The number of nitrogens with zero attached hydrogens (tertiary/aromatic N) is 1. The van der Waals surface area contributed by atoms with E-state index >= 15 is 0 Å². The second-order valence-electron chi connectivity index (χ2n) is 5.91. The fourth-order valence-electron chi connectivity index (χ4n) is 2.70. The lowest BCUT2D eigenvalue weighted by Crippen LogP contribution is -2.47. The summed E-state index contributed by atoms with van der Waals surface area (Å²) in [5.74, 6) is -0.699. The molecule has 1 heterocycles. The standard InChI is InChI=1S/C17H16F3N3O4S/c18-17(19,20)27-12-5-7-13(8-6-12)28(25,26)22-14-3-1-2-4-15(14)23-10-9-21-16(24)11-23/h1-8,22H,9-11H2,(H,21,24). The first-order valence-electron chi connectivity index (χ1n) is 8.13. The first-order chi connectivity index (χ1) is 13.1.